The number of hydrogen-bond donors (Lipinski definition) is 2. The van der Waals surface area contributed by atoms with Gasteiger partial charge in [0.2, 0.25) is 5.84 Å². The van der Waals surface area contributed by atoms with Gasteiger partial charge >= 0.3 is 5.82 Å². The van der Waals surface area contributed by atoms with Gasteiger partial charge in [-0.3, -0.25) is 0 Å². The van der Waals surface area contributed by atoms with Crippen molar-refractivity contribution in [2.75, 3.05) is 11.1 Å². The van der Waals surface area contributed by atoms with Gasteiger partial charge in [-0.15, -0.1) is 0 Å². The summed E-state index contributed by atoms with van der Waals surface area (Å²) in [6, 6.07) is 7.11. The summed E-state index contributed by atoms with van der Waals surface area (Å²) in [5, 5.41) is 24.9. The van der Waals surface area contributed by atoms with Crippen molar-refractivity contribution >= 4 is 39.1 Å². The van der Waals surface area contributed by atoms with E-state index in [2.05, 4.69) is 41.3 Å². The summed E-state index contributed by atoms with van der Waals surface area (Å²) in [6.07, 6.45) is 0. The monoisotopic (exact) mass is 453 g/mol. The second kappa shape index (κ2) is 8.04. The maximum Gasteiger partial charge on any atom is 0.323 e. The molecule has 0 saturated heterocycles. The predicted octanol–water partition coefficient (Wildman–Crippen LogP) is 2.79. The molecule has 0 aliphatic carbocycles. The molecule has 2 heterocycles. The summed E-state index contributed by atoms with van der Waals surface area (Å²) >= 11 is 3.09. The molecule has 0 fully saturated rings. The summed E-state index contributed by atoms with van der Waals surface area (Å²) in [4.78, 5) is 15.7. The number of rotatable bonds is 6. The molecule has 0 saturated carbocycles. The number of aromatic nitrogens is 3. The number of benzene rings is 1. The number of nitrogens with zero attached hydrogens (tertiary/aromatic N) is 5. The Morgan fingerprint density at radius 3 is 2.86 bits per heavy atom. The number of nitrogens with two attached hydrogens (primary N) is 1. The average molecular weight is 454 g/mol. The van der Waals surface area contributed by atoms with Gasteiger partial charge in [-0.1, -0.05) is 5.16 Å². The molecule has 3 aromatic rings. The van der Waals surface area contributed by atoms with Gasteiger partial charge in [0, 0.05) is 11.8 Å². The molecule has 146 valence electrons. The van der Waals surface area contributed by atoms with Gasteiger partial charge in [0.1, 0.15) is 11.5 Å². The molecule has 3 N–H and O–H groups in total. The third-order valence-corrected chi connectivity index (χ3v) is 4.28. The van der Waals surface area contributed by atoms with E-state index in [-0.39, 0.29) is 34.2 Å². The largest absolute Gasteiger partial charge is 0.385 e. The Balaban J connectivity index is 1.82. The minimum atomic E-state index is -0.506. The summed E-state index contributed by atoms with van der Waals surface area (Å²) < 4.78 is 19.6. The van der Waals surface area contributed by atoms with E-state index in [1.807, 2.05) is 0 Å². The van der Waals surface area contributed by atoms with E-state index < -0.39 is 10.7 Å². The minimum Gasteiger partial charge on any atom is -0.385 e. The van der Waals surface area contributed by atoms with Crippen LogP contribution in [0.3, 0.4) is 0 Å². The van der Waals surface area contributed by atoms with Crippen LogP contribution in [0.5, 0.6) is 0 Å². The van der Waals surface area contributed by atoms with Gasteiger partial charge in [0.05, 0.1) is 11.5 Å². The van der Waals surface area contributed by atoms with E-state index in [0.717, 1.165) is 0 Å². The van der Waals surface area contributed by atoms with Crippen LogP contribution in [0.25, 0.3) is 0 Å². The second-order valence-electron chi connectivity index (χ2n) is 5.46. The fourth-order valence-electron chi connectivity index (χ4n) is 2.23. The first-order chi connectivity index (χ1) is 13.4. The highest BCUT2D eigenvalue weighted by Crippen LogP contribution is 2.21. The Labute approximate surface area is 165 Å². The lowest BCUT2D eigenvalue weighted by Gasteiger charge is -2.08. The highest BCUT2D eigenvalue weighted by Gasteiger charge is 2.18. The zero-order chi connectivity index (χ0) is 20.3. The Morgan fingerprint density at radius 2 is 2.25 bits per heavy atom. The summed E-state index contributed by atoms with van der Waals surface area (Å²) in [7, 11) is 1.54. The zero-order valence-electron chi connectivity index (χ0n) is 14.3. The molecule has 11 nitrogen and oxygen atoms in total. The number of nitrogens with one attached hydrogen (secondary N) is 1. The maximum atomic E-state index is 13.4. The van der Waals surface area contributed by atoms with E-state index >= 15 is 0 Å². The van der Waals surface area contributed by atoms with Gasteiger partial charge in [0.25, 0.3) is 0 Å². The van der Waals surface area contributed by atoms with Gasteiger partial charge < -0.3 is 26.0 Å². The van der Waals surface area contributed by atoms with Crippen LogP contribution >= 0.6 is 15.9 Å². The Hall–Kier alpha value is -3.48. The molecule has 0 amide bonds. The van der Waals surface area contributed by atoms with Crippen LogP contribution in [-0.4, -0.2) is 25.6 Å². The molecule has 3 rings (SSSR count). The molecule has 0 radical (unpaired) electrons. The lowest BCUT2D eigenvalue weighted by Crippen LogP contribution is -2.17. The molecular formula is C15H13BrFN7O4. The van der Waals surface area contributed by atoms with Gasteiger partial charge in [-0.05, 0) is 55.4 Å². The Kier molecular flexibility index (Phi) is 5.54. The standard InChI is InChI=1S/C15H13BrFN7O4/c1-23-9(3-5-12(23)24(25)26)7-27-22-15(13-14(18)21-28-20-13)19-8-2-4-11(17)10(16)6-8/h2-6H,7H2,1H3,(H2,18,21)(H,19,22). The predicted molar refractivity (Wildman–Crippen MR) is 99.8 cm³/mol. The molecule has 13 heteroatoms. The van der Waals surface area contributed by atoms with Crippen molar-refractivity contribution in [2.24, 2.45) is 12.2 Å². The molecule has 28 heavy (non-hydrogen) atoms. The zero-order valence-corrected chi connectivity index (χ0v) is 15.9. The molecular weight excluding hydrogens is 441 g/mol. The minimum absolute atomic E-state index is 0.0365. The first-order valence-corrected chi connectivity index (χ1v) is 8.45. The average Bonchev–Trinajstić information content (AvgIpc) is 3.23. The lowest BCUT2D eigenvalue weighted by molar-refractivity contribution is -0.391. The van der Waals surface area contributed by atoms with E-state index in [1.54, 1.807) is 6.07 Å². The second-order valence-corrected chi connectivity index (χ2v) is 6.32. The number of anilines is 2. The number of oxime groups is 1. The number of hydrogen-bond acceptors (Lipinski definition) is 8. The number of nitro groups is 1. The molecule has 0 spiro atoms. The maximum absolute atomic E-state index is 13.4. The number of nitrogen functional groups attached to an aromatic ring is 1. The highest BCUT2D eigenvalue weighted by molar-refractivity contribution is 9.10. The first kappa shape index (κ1) is 19.3. The van der Waals surface area contributed by atoms with Gasteiger partial charge in [-0.2, -0.15) is 0 Å². The summed E-state index contributed by atoms with van der Waals surface area (Å²) in [5.41, 5.74) is 6.77. The molecule has 0 bridgehead atoms. The van der Waals surface area contributed by atoms with Crippen LogP contribution < -0.4 is 11.1 Å². The molecule has 2 aromatic heterocycles. The summed E-state index contributed by atoms with van der Waals surface area (Å²) in [5.74, 6) is -0.498. The topological polar surface area (TPSA) is 147 Å². The number of halogens is 2. The van der Waals surface area contributed by atoms with Crippen molar-refractivity contribution in [1.29, 1.82) is 0 Å². The van der Waals surface area contributed by atoms with E-state index in [4.69, 9.17) is 10.6 Å². The first-order valence-electron chi connectivity index (χ1n) is 7.66. The van der Waals surface area contributed by atoms with E-state index in [0.29, 0.717) is 11.4 Å². The fraction of sp³-hybridized carbons (Fsp3) is 0.133. The Bertz CT molecular complexity index is 1050. The number of amidine groups is 1. The van der Waals surface area contributed by atoms with Crippen molar-refractivity contribution < 1.29 is 18.8 Å². The molecule has 0 aliphatic rings. The van der Waals surface area contributed by atoms with E-state index in [1.165, 1.54) is 35.9 Å². The van der Waals surface area contributed by atoms with Crippen LogP contribution in [-0.2, 0) is 18.5 Å². The van der Waals surface area contributed by atoms with Crippen LogP contribution in [0.2, 0.25) is 0 Å². The van der Waals surface area contributed by atoms with E-state index in [9.17, 15) is 14.5 Å². The van der Waals surface area contributed by atoms with Crippen molar-refractivity contribution in [2.45, 2.75) is 6.61 Å². The van der Waals surface area contributed by atoms with Crippen molar-refractivity contribution in [3.05, 3.63) is 62.1 Å². The van der Waals surface area contributed by atoms with Crippen LogP contribution in [0.15, 0.2) is 44.6 Å². The Morgan fingerprint density at radius 1 is 1.46 bits per heavy atom. The highest BCUT2D eigenvalue weighted by atomic mass is 79.9. The van der Waals surface area contributed by atoms with Crippen molar-refractivity contribution in [3.63, 3.8) is 0 Å². The quantitative estimate of drug-likeness (QED) is 0.250. The molecule has 0 atom stereocenters. The van der Waals surface area contributed by atoms with Gasteiger partial charge in [-0.25, -0.2) is 13.6 Å². The van der Waals surface area contributed by atoms with Crippen LogP contribution in [0.1, 0.15) is 11.4 Å². The van der Waals surface area contributed by atoms with Crippen LogP contribution in [0.4, 0.5) is 21.7 Å². The smallest absolute Gasteiger partial charge is 0.323 e. The molecule has 1 aromatic carbocycles. The molecule has 0 aliphatic heterocycles. The third-order valence-electron chi connectivity index (χ3n) is 3.68. The van der Waals surface area contributed by atoms with Gasteiger partial charge in [0.15, 0.2) is 18.1 Å². The lowest BCUT2D eigenvalue weighted by atomic mass is 10.3. The van der Waals surface area contributed by atoms with Crippen molar-refractivity contribution in [1.82, 2.24) is 14.9 Å². The SMILES string of the molecule is Cn1c(CO/N=C(\Nc2ccc(F)c(Br)c2)c2nonc2N)ccc1[N+](=O)[O-]. The molecule has 0 unspecified atom stereocenters. The van der Waals surface area contributed by atoms with Crippen LogP contribution in [0, 0.1) is 15.9 Å². The third kappa shape index (κ3) is 4.09. The van der Waals surface area contributed by atoms with Crippen molar-refractivity contribution in [3.8, 4) is 0 Å². The fourth-order valence-corrected chi connectivity index (χ4v) is 2.61. The normalized spacial score (nSPS) is 11.5. The summed E-state index contributed by atoms with van der Waals surface area (Å²) in [6.45, 7) is -0.0617.